The van der Waals surface area contributed by atoms with Crippen LogP contribution >= 0.6 is 24.0 Å². The van der Waals surface area contributed by atoms with Crippen LogP contribution in [0, 0.1) is 6.92 Å². The van der Waals surface area contributed by atoms with Crippen LogP contribution in [0.1, 0.15) is 11.3 Å². The molecule has 0 atom stereocenters. The highest BCUT2D eigenvalue weighted by molar-refractivity contribution is 14.0. The summed E-state index contributed by atoms with van der Waals surface area (Å²) >= 11 is 0. The Morgan fingerprint density at radius 2 is 2.00 bits per heavy atom. The molecule has 5 nitrogen and oxygen atoms in total. The number of nitrogens with zero attached hydrogens (tertiary/aromatic N) is 2. The quantitative estimate of drug-likeness (QED) is 0.309. The number of nitrogens with one attached hydrogen (secondary N) is 1. The lowest BCUT2D eigenvalue weighted by Crippen LogP contribution is -2.35. The third-order valence-corrected chi connectivity index (χ3v) is 3.07. The van der Waals surface area contributed by atoms with Crippen LogP contribution in [-0.4, -0.2) is 30.6 Å². The van der Waals surface area contributed by atoms with E-state index in [2.05, 4.69) is 15.3 Å². The predicted molar refractivity (Wildman–Crippen MR) is 105 cm³/mol. The van der Waals surface area contributed by atoms with E-state index in [0.29, 0.717) is 25.7 Å². The van der Waals surface area contributed by atoms with Crippen molar-refractivity contribution in [3.05, 3.63) is 59.9 Å². The summed E-state index contributed by atoms with van der Waals surface area (Å²) in [5, 5.41) is 3.03. The van der Waals surface area contributed by atoms with Crippen LogP contribution in [0.4, 0.5) is 0 Å². The minimum atomic E-state index is 0. The van der Waals surface area contributed by atoms with E-state index in [-0.39, 0.29) is 24.0 Å². The third-order valence-electron chi connectivity index (χ3n) is 3.07. The number of ether oxygens (including phenoxy) is 1. The summed E-state index contributed by atoms with van der Waals surface area (Å²) in [7, 11) is 0. The molecule has 0 fully saturated rings. The lowest BCUT2D eigenvalue weighted by molar-refractivity contribution is 0.322. The zero-order chi connectivity index (χ0) is 15.6. The highest BCUT2D eigenvalue weighted by Gasteiger charge is 1.96. The van der Waals surface area contributed by atoms with Crippen molar-refractivity contribution in [3.8, 4) is 5.75 Å². The maximum atomic E-state index is 5.80. The van der Waals surface area contributed by atoms with E-state index in [1.807, 2.05) is 49.4 Å². The monoisotopic (exact) mass is 426 g/mol. The predicted octanol–water partition coefficient (Wildman–Crippen LogP) is 2.53. The van der Waals surface area contributed by atoms with Gasteiger partial charge < -0.3 is 15.8 Å². The van der Waals surface area contributed by atoms with Crippen molar-refractivity contribution < 1.29 is 4.74 Å². The summed E-state index contributed by atoms with van der Waals surface area (Å²) in [4.78, 5) is 8.50. The van der Waals surface area contributed by atoms with Gasteiger partial charge in [-0.1, -0.05) is 23.8 Å². The van der Waals surface area contributed by atoms with E-state index in [1.165, 1.54) is 5.56 Å². The molecule has 1 aromatic heterocycles. The minimum absolute atomic E-state index is 0. The molecule has 23 heavy (non-hydrogen) atoms. The van der Waals surface area contributed by atoms with Gasteiger partial charge >= 0.3 is 0 Å². The first kappa shape index (κ1) is 19.2. The normalized spacial score (nSPS) is 10.7. The van der Waals surface area contributed by atoms with Crippen molar-refractivity contribution in [1.29, 1.82) is 0 Å². The largest absolute Gasteiger partial charge is 0.492 e. The Hall–Kier alpha value is -1.83. The fraction of sp³-hybridized carbons (Fsp3) is 0.294. The SMILES string of the molecule is Cc1ccc(OCCNC(N)=NCCc2ccccn2)cc1.I. The summed E-state index contributed by atoms with van der Waals surface area (Å²) < 4.78 is 5.60. The smallest absolute Gasteiger partial charge is 0.188 e. The molecule has 3 N–H and O–H groups in total. The standard InChI is InChI=1S/C17H22N4O.HI/c1-14-5-7-16(8-6-14)22-13-12-21-17(18)20-11-9-15-4-2-3-10-19-15;/h2-8,10H,9,11-13H2,1H3,(H3,18,20,21);1H. The minimum Gasteiger partial charge on any atom is -0.492 e. The van der Waals surface area contributed by atoms with Gasteiger partial charge in [0.25, 0.3) is 0 Å². The Bertz CT molecular complexity index is 587. The second-order valence-corrected chi connectivity index (χ2v) is 4.93. The molecular formula is C17H23IN4O. The van der Waals surface area contributed by atoms with Crippen molar-refractivity contribution in [2.24, 2.45) is 10.7 Å². The second kappa shape index (κ2) is 10.8. The van der Waals surface area contributed by atoms with Crippen LogP contribution in [-0.2, 0) is 6.42 Å². The van der Waals surface area contributed by atoms with Crippen molar-refractivity contribution in [2.75, 3.05) is 19.7 Å². The molecule has 0 amide bonds. The van der Waals surface area contributed by atoms with Gasteiger partial charge in [0.1, 0.15) is 12.4 Å². The molecule has 124 valence electrons. The van der Waals surface area contributed by atoms with E-state index < -0.39 is 0 Å². The molecule has 0 aliphatic rings. The highest BCUT2D eigenvalue weighted by Crippen LogP contribution is 2.10. The van der Waals surface area contributed by atoms with Gasteiger partial charge in [0.15, 0.2) is 5.96 Å². The van der Waals surface area contributed by atoms with Gasteiger partial charge in [-0.2, -0.15) is 0 Å². The van der Waals surface area contributed by atoms with E-state index in [4.69, 9.17) is 10.5 Å². The number of aromatic nitrogens is 1. The number of guanidine groups is 1. The Labute approximate surface area is 154 Å². The van der Waals surface area contributed by atoms with E-state index in [1.54, 1.807) is 6.20 Å². The topological polar surface area (TPSA) is 72.5 Å². The number of pyridine rings is 1. The summed E-state index contributed by atoms with van der Waals surface area (Å²) in [6.07, 6.45) is 2.56. The van der Waals surface area contributed by atoms with Crippen LogP contribution < -0.4 is 15.8 Å². The molecule has 0 radical (unpaired) electrons. The molecule has 6 heteroatoms. The number of aryl methyl sites for hydroxylation is 1. The van der Waals surface area contributed by atoms with Crippen LogP contribution in [0.3, 0.4) is 0 Å². The summed E-state index contributed by atoms with van der Waals surface area (Å²) in [6, 6.07) is 13.8. The first-order valence-corrected chi connectivity index (χ1v) is 7.37. The molecule has 0 unspecified atom stereocenters. The molecule has 0 aliphatic heterocycles. The lowest BCUT2D eigenvalue weighted by atomic mass is 10.2. The Balaban J connectivity index is 0.00000264. The Morgan fingerprint density at radius 1 is 1.22 bits per heavy atom. The van der Waals surface area contributed by atoms with Crippen LogP contribution in [0.5, 0.6) is 5.75 Å². The van der Waals surface area contributed by atoms with E-state index >= 15 is 0 Å². The third kappa shape index (κ3) is 7.83. The molecule has 1 heterocycles. The van der Waals surface area contributed by atoms with Crippen molar-refractivity contribution in [3.63, 3.8) is 0 Å². The first-order chi connectivity index (χ1) is 10.7. The van der Waals surface area contributed by atoms with E-state index in [9.17, 15) is 0 Å². The summed E-state index contributed by atoms with van der Waals surface area (Å²) in [5.74, 6) is 1.29. The zero-order valence-corrected chi connectivity index (χ0v) is 15.6. The Morgan fingerprint density at radius 3 is 2.70 bits per heavy atom. The molecule has 0 saturated heterocycles. The molecule has 0 aliphatic carbocycles. The number of halogens is 1. The van der Waals surface area contributed by atoms with Gasteiger partial charge in [-0.15, -0.1) is 24.0 Å². The summed E-state index contributed by atoms with van der Waals surface area (Å²) in [5.41, 5.74) is 8.03. The van der Waals surface area contributed by atoms with Gasteiger partial charge in [-0.25, -0.2) is 0 Å². The number of nitrogens with two attached hydrogens (primary N) is 1. The summed E-state index contributed by atoms with van der Waals surface area (Å²) in [6.45, 7) is 3.83. The Kier molecular flexibility index (Phi) is 9.04. The van der Waals surface area contributed by atoms with Crippen LogP contribution in [0.25, 0.3) is 0 Å². The maximum Gasteiger partial charge on any atom is 0.188 e. The molecule has 2 rings (SSSR count). The average molecular weight is 426 g/mol. The van der Waals surface area contributed by atoms with Gasteiger partial charge in [0.2, 0.25) is 0 Å². The number of rotatable bonds is 7. The average Bonchev–Trinajstić information content (AvgIpc) is 2.54. The van der Waals surface area contributed by atoms with E-state index in [0.717, 1.165) is 17.9 Å². The fourth-order valence-electron chi connectivity index (χ4n) is 1.88. The molecule has 0 bridgehead atoms. The van der Waals surface area contributed by atoms with Gasteiger partial charge in [0.05, 0.1) is 6.54 Å². The zero-order valence-electron chi connectivity index (χ0n) is 13.2. The molecule has 1 aromatic carbocycles. The van der Waals surface area contributed by atoms with Gasteiger partial charge in [0, 0.05) is 24.9 Å². The van der Waals surface area contributed by atoms with Crippen molar-refractivity contribution >= 4 is 29.9 Å². The lowest BCUT2D eigenvalue weighted by Gasteiger charge is -2.08. The number of hydrogen-bond acceptors (Lipinski definition) is 3. The molecule has 0 spiro atoms. The number of hydrogen-bond donors (Lipinski definition) is 2. The number of benzene rings is 1. The highest BCUT2D eigenvalue weighted by atomic mass is 127. The molecule has 2 aromatic rings. The first-order valence-electron chi connectivity index (χ1n) is 7.37. The van der Waals surface area contributed by atoms with Gasteiger partial charge in [-0.3, -0.25) is 9.98 Å². The maximum absolute atomic E-state index is 5.80. The van der Waals surface area contributed by atoms with Crippen LogP contribution in [0.2, 0.25) is 0 Å². The van der Waals surface area contributed by atoms with Crippen molar-refractivity contribution in [2.45, 2.75) is 13.3 Å². The molecule has 0 saturated carbocycles. The van der Waals surface area contributed by atoms with Crippen molar-refractivity contribution in [1.82, 2.24) is 10.3 Å². The van der Waals surface area contributed by atoms with Gasteiger partial charge in [-0.05, 0) is 31.2 Å². The number of aliphatic imine (C=N–C) groups is 1. The van der Waals surface area contributed by atoms with Crippen LogP contribution in [0.15, 0.2) is 53.7 Å². The molecular weight excluding hydrogens is 403 g/mol. The fourth-order valence-corrected chi connectivity index (χ4v) is 1.88. The second-order valence-electron chi connectivity index (χ2n) is 4.93.